The van der Waals surface area contributed by atoms with Gasteiger partial charge in [0.1, 0.15) is 0 Å². The third-order valence-corrected chi connectivity index (χ3v) is 0.353. The zero-order valence-corrected chi connectivity index (χ0v) is 3.81. The summed E-state index contributed by atoms with van der Waals surface area (Å²) in [5, 5.41) is 9.20. The van der Waals surface area contributed by atoms with Gasteiger partial charge in [-0.25, -0.2) is 4.89 Å². The standard InChI is InChI=1S/C4H8O2/c1-4(2)3-6-5/h4H,1,3H2,2H3. The van der Waals surface area contributed by atoms with Crippen molar-refractivity contribution in [3.05, 3.63) is 6.92 Å². The molecule has 2 heteroatoms. The lowest BCUT2D eigenvalue weighted by atomic mass is 10.2. The molecule has 0 amide bonds. The fourth-order valence-electron chi connectivity index (χ4n) is 0.116. The van der Waals surface area contributed by atoms with Crippen LogP contribution in [0.2, 0.25) is 0 Å². The molecular weight excluding hydrogens is 80.0 g/mol. The van der Waals surface area contributed by atoms with Crippen molar-refractivity contribution in [1.29, 1.82) is 0 Å². The fraction of sp³-hybridized carbons (Fsp3) is 0.750. The van der Waals surface area contributed by atoms with Crippen molar-refractivity contribution in [2.45, 2.75) is 6.92 Å². The predicted molar refractivity (Wildman–Crippen MR) is 21.2 cm³/mol. The minimum Gasteiger partial charge on any atom is -0.204 e. The molecule has 1 unspecified atom stereocenters. The van der Waals surface area contributed by atoms with Crippen LogP contribution in [0.5, 0.6) is 0 Å². The second kappa shape index (κ2) is 3.12. The topological polar surface area (TPSA) is 29.1 Å². The normalized spacial score (nSPS) is 10.0. The Kier molecular flexibility index (Phi) is 3.08. The molecule has 6 heavy (non-hydrogen) atoms. The minimum atomic E-state index is 0.113. The lowest BCUT2D eigenvalue weighted by molar-refractivity contribution is -0.307. The lowest BCUT2D eigenvalue weighted by Crippen LogP contribution is -1.96. The first-order valence-electron chi connectivity index (χ1n) is 1.85. The molecule has 0 saturated carbocycles. The van der Waals surface area contributed by atoms with Crippen molar-refractivity contribution in [1.82, 2.24) is 0 Å². The predicted octanol–water partition coefficient (Wildman–Crippen LogP) is 0.819. The van der Waals surface area contributed by atoms with Crippen LogP contribution >= 0.6 is 0 Å². The van der Waals surface area contributed by atoms with Gasteiger partial charge in [-0.3, -0.25) is 0 Å². The summed E-state index contributed by atoms with van der Waals surface area (Å²) < 4.78 is 0. The van der Waals surface area contributed by atoms with Gasteiger partial charge in [0.15, 0.2) is 0 Å². The van der Waals surface area contributed by atoms with Crippen LogP contribution in [0.3, 0.4) is 0 Å². The Hall–Kier alpha value is -0.0800. The van der Waals surface area contributed by atoms with Crippen LogP contribution in [-0.4, -0.2) is 6.61 Å². The highest BCUT2D eigenvalue weighted by molar-refractivity contribution is 4.47. The van der Waals surface area contributed by atoms with E-state index in [-0.39, 0.29) is 12.5 Å². The average Bonchev–Trinajstić information content (AvgIpc) is 1.35. The number of hydrogen-bond acceptors (Lipinski definition) is 1. The van der Waals surface area contributed by atoms with Crippen molar-refractivity contribution in [3.8, 4) is 0 Å². The Labute approximate surface area is 37.7 Å². The van der Waals surface area contributed by atoms with Crippen LogP contribution in [0, 0.1) is 12.8 Å². The highest BCUT2D eigenvalue weighted by atomic mass is 17.1. The summed E-state index contributed by atoms with van der Waals surface area (Å²) in [5.74, 6) is 0.113. The largest absolute Gasteiger partial charge is 0.204 e. The van der Waals surface area contributed by atoms with Gasteiger partial charge in [-0.05, 0) is 18.1 Å². The van der Waals surface area contributed by atoms with E-state index in [0.29, 0.717) is 0 Å². The molecule has 0 spiro atoms. The Morgan fingerprint density at radius 3 is 2.50 bits per heavy atom. The zero-order chi connectivity index (χ0) is 4.99. The van der Waals surface area contributed by atoms with Crippen LogP contribution < -0.4 is 0 Å². The molecule has 1 atom stereocenters. The lowest BCUT2D eigenvalue weighted by Gasteiger charge is -1.93. The molecule has 0 aromatic carbocycles. The van der Waals surface area contributed by atoms with Gasteiger partial charge in [0.2, 0.25) is 0 Å². The molecule has 0 saturated heterocycles. The molecule has 0 bridgehead atoms. The van der Waals surface area contributed by atoms with E-state index >= 15 is 0 Å². The molecule has 2 radical (unpaired) electrons. The highest BCUT2D eigenvalue weighted by Crippen LogP contribution is 1.87. The SMILES string of the molecule is [CH2]C(C)CO[O]. The first-order chi connectivity index (χ1) is 2.77. The molecule has 0 aliphatic carbocycles. The van der Waals surface area contributed by atoms with Gasteiger partial charge in [0, 0.05) is 0 Å². The summed E-state index contributed by atoms with van der Waals surface area (Å²) >= 11 is 0. The molecule has 0 aromatic rings. The molecule has 0 rings (SSSR count). The van der Waals surface area contributed by atoms with Crippen LogP contribution in [0.4, 0.5) is 0 Å². The van der Waals surface area contributed by atoms with Gasteiger partial charge in [-0.2, -0.15) is 0 Å². The zero-order valence-electron chi connectivity index (χ0n) is 3.81. The van der Waals surface area contributed by atoms with Gasteiger partial charge < -0.3 is 0 Å². The summed E-state index contributed by atoms with van der Waals surface area (Å²) in [4.78, 5) is 3.49. The first kappa shape index (κ1) is 5.92. The van der Waals surface area contributed by atoms with E-state index < -0.39 is 0 Å². The Morgan fingerprint density at radius 2 is 2.50 bits per heavy atom. The van der Waals surface area contributed by atoms with Crippen LogP contribution in [0.25, 0.3) is 0 Å². The summed E-state index contributed by atoms with van der Waals surface area (Å²) in [7, 11) is 0. The molecule has 0 heterocycles. The smallest absolute Gasteiger partial charge is 0.0880 e. The maximum atomic E-state index is 9.20. The Morgan fingerprint density at radius 1 is 2.00 bits per heavy atom. The number of rotatable bonds is 2. The van der Waals surface area contributed by atoms with Crippen molar-refractivity contribution >= 4 is 0 Å². The maximum absolute atomic E-state index is 9.20. The minimum absolute atomic E-state index is 0.113. The summed E-state index contributed by atoms with van der Waals surface area (Å²) in [6.07, 6.45) is 0. The molecular formula is C4H8O2. The summed E-state index contributed by atoms with van der Waals surface area (Å²) in [5.41, 5.74) is 0. The maximum Gasteiger partial charge on any atom is 0.0880 e. The van der Waals surface area contributed by atoms with Crippen molar-refractivity contribution in [2.75, 3.05) is 6.61 Å². The fourth-order valence-corrected chi connectivity index (χ4v) is 0.116. The second-order valence-corrected chi connectivity index (χ2v) is 1.39. The third-order valence-electron chi connectivity index (χ3n) is 0.353. The third kappa shape index (κ3) is 3.92. The monoisotopic (exact) mass is 88.1 g/mol. The van der Waals surface area contributed by atoms with Gasteiger partial charge in [-0.1, -0.05) is 6.92 Å². The van der Waals surface area contributed by atoms with E-state index in [1.54, 1.807) is 0 Å². The Balaban J connectivity index is 2.63. The highest BCUT2D eigenvalue weighted by Gasteiger charge is 1.88. The summed E-state index contributed by atoms with van der Waals surface area (Å²) in [6.45, 7) is 5.53. The van der Waals surface area contributed by atoms with E-state index in [0.717, 1.165) is 0 Å². The molecule has 0 aromatic heterocycles. The molecule has 0 aliphatic heterocycles. The number of hydrogen-bond donors (Lipinski definition) is 0. The van der Waals surface area contributed by atoms with Gasteiger partial charge in [0.25, 0.3) is 0 Å². The van der Waals surface area contributed by atoms with Crippen molar-refractivity contribution in [3.63, 3.8) is 0 Å². The summed E-state index contributed by atoms with van der Waals surface area (Å²) in [6, 6.07) is 0. The van der Waals surface area contributed by atoms with E-state index in [4.69, 9.17) is 0 Å². The van der Waals surface area contributed by atoms with Crippen LogP contribution in [-0.2, 0) is 10.1 Å². The quantitative estimate of drug-likeness (QED) is 0.363. The molecule has 0 N–H and O–H groups in total. The van der Waals surface area contributed by atoms with Crippen LogP contribution in [0.15, 0.2) is 0 Å². The molecule has 36 valence electrons. The molecule has 2 nitrogen and oxygen atoms in total. The van der Waals surface area contributed by atoms with Gasteiger partial charge in [-0.15, -0.1) is 0 Å². The van der Waals surface area contributed by atoms with E-state index in [9.17, 15) is 5.26 Å². The molecule has 0 fully saturated rings. The first-order valence-corrected chi connectivity index (χ1v) is 1.85. The van der Waals surface area contributed by atoms with Gasteiger partial charge >= 0.3 is 0 Å². The van der Waals surface area contributed by atoms with Crippen molar-refractivity contribution < 1.29 is 10.1 Å². The Bertz CT molecular complexity index is 26.7. The van der Waals surface area contributed by atoms with E-state index in [1.807, 2.05) is 6.92 Å². The second-order valence-electron chi connectivity index (χ2n) is 1.39. The van der Waals surface area contributed by atoms with Gasteiger partial charge in [0.05, 0.1) is 6.61 Å². The van der Waals surface area contributed by atoms with Crippen molar-refractivity contribution in [2.24, 2.45) is 5.92 Å². The average molecular weight is 88.1 g/mol. The van der Waals surface area contributed by atoms with Crippen LogP contribution in [0.1, 0.15) is 6.92 Å². The molecule has 0 aliphatic rings. The van der Waals surface area contributed by atoms with E-state index in [2.05, 4.69) is 11.8 Å². The van der Waals surface area contributed by atoms with E-state index in [1.165, 1.54) is 0 Å².